The van der Waals surface area contributed by atoms with Crippen LogP contribution in [0.2, 0.25) is 5.02 Å². The Kier molecular flexibility index (Phi) is 4.84. The van der Waals surface area contributed by atoms with E-state index in [9.17, 15) is 9.59 Å². The van der Waals surface area contributed by atoms with Gasteiger partial charge in [-0.1, -0.05) is 23.7 Å². The molecule has 1 aromatic carbocycles. The van der Waals surface area contributed by atoms with Crippen LogP contribution in [0.25, 0.3) is 0 Å². The summed E-state index contributed by atoms with van der Waals surface area (Å²) >= 11 is 7.31. The van der Waals surface area contributed by atoms with E-state index in [1.807, 2.05) is 6.92 Å². The van der Waals surface area contributed by atoms with Crippen molar-refractivity contribution < 1.29 is 14.3 Å². The molecule has 0 radical (unpaired) electrons. The third-order valence-corrected chi connectivity index (χ3v) is 4.89. The standard InChI is InChI=1S/C16H16ClN3O3S/c1-9-7-18-16(24-9)19-15(22)14-13(20(2)12(21)8-23-14)10-3-5-11(17)6-4-10/h3-7,13-14H,8H2,1-2H3,(H,18,19,22). The molecule has 1 aromatic heterocycles. The number of nitrogens with one attached hydrogen (secondary N) is 1. The van der Waals surface area contributed by atoms with Gasteiger partial charge in [-0.3, -0.25) is 14.9 Å². The largest absolute Gasteiger partial charge is 0.356 e. The summed E-state index contributed by atoms with van der Waals surface area (Å²) in [6.07, 6.45) is 0.868. The van der Waals surface area contributed by atoms with E-state index in [2.05, 4.69) is 10.3 Å². The van der Waals surface area contributed by atoms with Crippen LogP contribution in [-0.2, 0) is 14.3 Å². The van der Waals surface area contributed by atoms with Gasteiger partial charge in [-0.2, -0.15) is 0 Å². The van der Waals surface area contributed by atoms with Crippen LogP contribution in [0, 0.1) is 6.92 Å². The van der Waals surface area contributed by atoms with Crippen molar-refractivity contribution >= 4 is 39.9 Å². The smallest absolute Gasteiger partial charge is 0.257 e. The summed E-state index contributed by atoms with van der Waals surface area (Å²) in [6.45, 7) is 1.78. The zero-order valence-electron chi connectivity index (χ0n) is 13.2. The van der Waals surface area contributed by atoms with Crippen molar-refractivity contribution in [2.75, 3.05) is 19.0 Å². The van der Waals surface area contributed by atoms with Crippen LogP contribution in [0.15, 0.2) is 30.5 Å². The number of aryl methyl sites for hydroxylation is 1. The monoisotopic (exact) mass is 365 g/mol. The number of benzene rings is 1. The number of hydrogen-bond donors (Lipinski definition) is 1. The van der Waals surface area contributed by atoms with Crippen molar-refractivity contribution in [3.8, 4) is 0 Å². The fourth-order valence-corrected chi connectivity index (χ4v) is 3.37. The second-order valence-electron chi connectivity index (χ2n) is 5.50. The molecule has 2 amide bonds. The molecule has 2 atom stereocenters. The highest BCUT2D eigenvalue weighted by atomic mass is 35.5. The van der Waals surface area contributed by atoms with Gasteiger partial charge in [0, 0.05) is 23.1 Å². The number of likely N-dealkylation sites (N-methyl/N-ethyl adjacent to an activating group) is 1. The van der Waals surface area contributed by atoms with E-state index in [0.29, 0.717) is 10.2 Å². The van der Waals surface area contributed by atoms with Gasteiger partial charge in [0.15, 0.2) is 11.2 Å². The first-order valence-electron chi connectivity index (χ1n) is 7.31. The van der Waals surface area contributed by atoms with Crippen molar-refractivity contribution in [1.82, 2.24) is 9.88 Å². The number of rotatable bonds is 3. The zero-order chi connectivity index (χ0) is 17.3. The average Bonchev–Trinajstić information content (AvgIpc) is 2.96. The van der Waals surface area contributed by atoms with Crippen molar-refractivity contribution in [2.45, 2.75) is 19.1 Å². The first-order chi connectivity index (χ1) is 11.5. The summed E-state index contributed by atoms with van der Waals surface area (Å²) < 4.78 is 5.54. The molecule has 2 heterocycles. The summed E-state index contributed by atoms with van der Waals surface area (Å²) in [5.41, 5.74) is 0.783. The molecule has 1 saturated heterocycles. The fourth-order valence-electron chi connectivity index (χ4n) is 2.58. The lowest BCUT2D eigenvalue weighted by atomic mass is 9.98. The minimum atomic E-state index is -0.821. The van der Waals surface area contributed by atoms with Crippen molar-refractivity contribution in [2.24, 2.45) is 0 Å². The molecule has 2 aromatic rings. The van der Waals surface area contributed by atoms with Gasteiger partial charge in [-0.05, 0) is 24.6 Å². The van der Waals surface area contributed by atoms with Gasteiger partial charge in [0.05, 0.1) is 6.04 Å². The number of carbonyl (C=O) groups excluding carboxylic acids is 2. The number of morpholine rings is 1. The van der Waals surface area contributed by atoms with Gasteiger partial charge in [-0.15, -0.1) is 11.3 Å². The van der Waals surface area contributed by atoms with Crippen molar-refractivity contribution in [1.29, 1.82) is 0 Å². The number of ether oxygens (including phenoxy) is 1. The summed E-state index contributed by atoms with van der Waals surface area (Å²) in [4.78, 5) is 31.3. The molecule has 0 saturated carbocycles. The average molecular weight is 366 g/mol. The third-order valence-electron chi connectivity index (χ3n) is 3.81. The lowest BCUT2D eigenvalue weighted by Gasteiger charge is -2.38. The highest BCUT2D eigenvalue weighted by molar-refractivity contribution is 7.15. The Labute approximate surface area is 148 Å². The molecule has 0 spiro atoms. The minimum Gasteiger partial charge on any atom is -0.356 e. The van der Waals surface area contributed by atoms with Crippen LogP contribution in [0.3, 0.4) is 0 Å². The Morgan fingerprint density at radius 2 is 2.12 bits per heavy atom. The number of halogens is 1. The Hall–Kier alpha value is -1.96. The second-order valence-corrected chi connectivity index (χ2v) is 7.17. The number of carbonyl (C=O) groups is 2. The van der Waals surface area contributed by atoms with E-state index in [1.54, 1.807) is 37.5 Å². The molecule has 126 valence electrons. The Bertz CT molecular complexity index is 762. The summed E-state index contributed by atoms with van der Waals surface area (Å²) in [5.74, 6) is -0.507. The van der Waals surface area contributed by atoms with E-state index >= 15 is 0 Å². The Morgan fingerprint density at radius 3 is 2.75 bits per heavy atom. The van der Waals surface area contributed by atoms with Gasteiger partial charge in [-0.25, -0.2) is 4.98 Å². The van der Waals surface area contributed by atoms with E-state index in [0.717, 1.165) is 10.4 Å². The number of aromatic nitrogens is 1. The number of thiazole rings is 1. The van der Waals surface area contributed by atoms with Gasteiger partial charge < -0.3 is 9.64 Å². The molecule has 6 nitrogen and oxygen atoms in total. The van der Waals surface area contributed by atoms with E-state index in [-0.39, 0.29) is 18.4 Å². The molecule has 0 bridgehead atoms. The zero-order valence-corrected chi connectivity index (χ0v) is 14.7. The summed E-state index contributed by atoms with van der Waals surface area (Å²) in [6, 6.07) is 6.51. The number of nitrogens with zero attached hydrogens (tertiary/aromatic N) is 2. The van der Waals surface area contributed by atoms with Crippen LogP contribution in [-0.4, -0.2) is 41.5 Å². The highest BCUT2D eigenvalue weighted by Crippen LogP contribution is 2.31. The maximum Gasteiger partial charge on any atom is 0.257 e. The minimum absolute atomic E-state index is 0.129. The molecule has 1 aliphatic heterocycles. The molecule has 1 aliphatic rings. The SMILES string of the molecule is Cc1cnc(NC(=O)C2OCC(=O)N(C)C2c2ccc(Cl)cc2)s1. The topological polar surface area (TPSA) is 71.5 Å². The van der Waals surface area contributed by atoms with Crippen molar-refractivity contribution in [3.63, 3.8) is 0 Å². The lowest BCUT2D eigenvalue weighted by Crippen LogP contribution is -2.51. The van der Waals surface area contributed by atoms with Gasteiger partial charge in [0.1, 0.15) is 6.61 Å². The van der Waals surface area contributed by atoms with E-state index in [1.165, 1.54) is 16.2 Å². The van der Waals surface area contributed by atoms with Crippen LogP contribution in [0.4, 0.5) is 5.13 Å². The van der Waals surface area contributed by atoms with Crippen molar-refractivity contribution in [3.05, 3.63) is 45.9 Å². The maximum absolute atomic E-state index is 12.6. The molecule has 3 rings (SSSR count). The quantitative estimate of drug-likeness (QED) is 0.907. The predicted octanol–water partition coefficient (Wildman–Crippen LogP) is 2.64. The number of amides is 2. The predicted molar refractivity (Wildman–Crippen MR) is 92.2 cm³/mol. The lowest BCUT2D eigenvalue weighted by molar-refractivity contribution is -0.160. The third kappa shape index (κ3) is 3.43. The molecule has 2 unspecified atom stereocenters. The van der Waals surface area contributed by atoms with Crippen LogP contribution >= 0.6 is 22.9 Å². The molecular weight excluding hydrogens is 350 g/mol. The first-order valence-corrected chi connectivity index (χ1v) is 8.51. The number of hydrogen-bond acceptors (Lipinski definition) is 5. The maximum atomic E-state index is 12.6. The second kappa shape index (κ2) is 6.88. The Balaban J connectivity index is 1.86. The summed E-state index contributed by atoms with van der Waals surface area (Å²) in [5, 5.41) is 3.85. The molecule has 8 heteroatoms. The number of anilines is 1. The van der Waals surface area contributed by atoms with Gasteiger partial charge in [0.25, 0.3) is 5.91 Å². The van der Waals surface area contributed by atoms with Crippen LogP contribution in [0.1, 0.15) is 16.5 Å². The highest BCUT2D eigenvalue weighted by Gasteiger charge is 2.40. The summed E-state index contributed by atoms with van der Waals surface area (Å²) in [7, 11) is 1.66. The van der Waals surface area contributed by atoms with Crippen LogP contribution < -0.4 is 5.32 Å². The first kappa shape index (κ1) is 16.9. The van der Waals surface area contributed by atoms with Crippen LogP contribution in [0.5, 0.6) is 0 Å². The normalized spacial score (nSPS) is 21.0. The molecule has 0 aliphatic carbocycles. The van der Waals surface area contributed by atoms with Gasteiger partial charge in [0.2, 0.25) is 5.91 Å². The molecular formula is C16H16ClN3O3S. The fraction of sp³-hybridized carbons (Fsp3) is 0.312. The van der Waals surface area contributed by atoms with Gasteiger partial charge >= 0.3 is 0 Å². The molecule has 24 heavy (non-hydrogen) atoms. The van der Waals surface area contributed by atoms with E-state index < -0.39 is 12.1 Å². The molecule has 1 fully saturated rings. The Morgan fingerprint density at radius 1 is 1.42 bits per heavy atom. The van der Waals surface area contributed by atoms with E-state index in [4.69, 9.17) is 16.3 Å². The molecule has 1 N–H and O–H groups in total.